The van der Waals surface area contributed by atoms with E-state index in [0.29, 0.717) is 17.9 Å². The van der Waals surface area contributed by atoms with Gasteiger partial charge in [0.05, 0.1) is 12.0 Å². The number of hydrogen-bond donors (Lipinski definition) is 1. The summed E-state index contributed by atoms with van der Waals surface area (Å²) in [5, 5.41) is 2.63. The number of hydrogen-bond acceptors (Lipinski definition) is 5. The van der Waals surface area contributed by atoms with Crippen molar-refractivity contribution >= 4 is 25.6 Å². The first-order chi connectivity index (χ1) is 9.88. The standard InChI is InChI=1S/C13H18ClNO5S/c1-3-6-20-9-13(16)15-8-10-7-11(21(14,17)18)4-5-12(10)19-2/h4-5,7H,3,6,8-9H2,1-2H3,(H,15,16). The van der Waals surface area contributed by atoms with E-state index in [-0.39, 0.29) is 24.0 Å². The molecule has 1 amide bonds. The smallest absolute Gasteiger partial charge is 0.261 e. The molecule has 0 saturated heterocycles. The second-order valence-electron chi connectivity index (χ2n) is 4.24. The predicted octanol–water partition coefficient (Wildman–Crippen LogP) is 1.67. The Hall–Kier alpha value is -1.31. The molecular weight excluding hydrogens is 318 g/mol. The number of carbonyl (C=O) groups is 1. The third-order valence-electron chi connectivity index (χ3n) is 2.59. The average Bonchev–Trinajstić information content (AvgIpc) is 2.44. The highest BCUT2D eigenvalue weighted by molar-refractivity contribution is 8.13. The molecule has 0 aromatic heterocycles. The summed E-state index contributed by atoms with van der Waals surface area (Å²) in [5.41, 5.74) is 0.517. The zero-order valence-corrected chi connectivity index (χ0v) is 13.5. The van der Waals surface area contributed by atoms with Crippen molar-refractivity contribution in [3.8, 4) is 5.75 Å². The van der Waals surface area contributed by atoms with Gasteiger partial charge in [-0.1, -0.05) is 6.92 Å². The maximum Gasteiger partial charge on any atom is 0.261 e. The first kappa shape index (κ1) is 17.7. The normalized spacial score (nSPS) is 11.2. The zero-order chi connectivity index (χ0) is 15.9. The molecule has 21 heavy (non-hydrogen) atoms. The fourth-order valence-corrected chi connectivity index (χ4v) is 2.40. The van der Waals surface area contributed by atoms with E-state index in [2.05, 4.69) is 5.32 Å². The minimum atomic E-state index is -3.83. The van der Waals surface area contributed by atoms with E-state index in [1.165, 1.54) is 25.3 Å². The van der Waals surface area contributed by atoms with E-state index in [9.17, 15) is 13.2 Å². The number of methoxy groups -OCH3 is 1. The topological polar surface area (TPSA) is 81.7 Å². The number of amides is 1. The molecule has 0 atom stereocenters. The number of halogens is 1. The first-order valence-corrected chi connectivity index (χ1v) is 8.65. The van der Waals surface area contributed by atoms with E-state index in [1.807, 2.05) is 6.92 Å². The van der Waals surface area contributed by atoms with Crippen LogP contribution in [0.3, 0.4) is 0 Å². The van der Waals surface area contributed by atoms with Crippen molar-refractivity contribution < 1.29 is 22.7 Å². The van der Waals surface area contributed by atoms with Crippen molar-refractivity contribution in [3.05, 3.63) is 23.8 Å². The van der Waals surface area contributed by atoms with Crippen LogP contribution >= 0.6 is 10.7 Å². The van der Waals surface area contributed by atoms with Crippen LogP contribution < -0.4 is 10.1 Å². The van der Waals surface area contributed by atoms with E-state index in [1.54, 1.807) is 0 Å². The van der Waals surface area contributed by atoms with Crippen LogP contribution in [0.4, 0.5) is 0 Å². The molecule has 1 rings (SSSR count). The molecule has 0 saturated carbocycles. The van der Waals surface area contributed by atoms with Gasteiger partial charge in [-0.05, 0) is 24.6 Å². The van der Waals surface area contributed by atoms with Gasteiger partial charge in [0.2, 0.25) is 5.91 Å². The van der Waals surface area contributed by atoms with Crippen molar-refractivity contribution in [1.29, 1.82) is 0 Å². The molecule has 0 aliphatic heterocycles. The van der Waals surface area contributed by atoms with Gasteiger partial charge in [0, 0.05) is 29.4 Å². The van der Waals surface area contributed by atoms with Crippen LogP contribution in [0, 0.1) is 0 Å². The minimum Gasteiger partial charge on any atom is -0.496 e. The van der Waals surface area contributed by atoms with Gasteiger partial charge in [0.25, 0.3) is 9.05 Å². The molecule has 0 fully saturated rings. The minimum absolute atomic E-state index is 0.0380. The lowest BCUT2D eigenvalue weighted by Crippen LogP contribution is -2.27. The highest BCUT2D eigenvalue weighted by atomic mass is 35.7. The highest BCUT2D eigenvalue weighted by Gasteiger charge is 2.14. The van der Waals surface area contributed by atoms with E-state index in [4.69, 9.17) is 20.2 Å². The summed E-state index contributed by atoms with van der Waals surface area (Å²) in [5.74, 6) is 0.179. The summed E-state index contributed by atoms with van der Waals surface area (Å²) in [7, 11) is 2.93. The fourth-order valence-electron chi connectivity index (χ4n) is 1.60. The molecule has 0 heterocycles. The van der Waals surface area contributed by atoms with Crippen LogP contribution in [-0.4, -0.2) is 34.6 Å². The molecule has 0 radical (unpaired) electrons. The first-order valence-electron chi connectivity index (χ1n) is 6.34. The zero-order valence-electron chi connectivity index (χ0n) is 11.9. The van der Waals surface area contributed by atoms with Gasteiger partial charge in [-0.25, -0.2) is 8.42 Å². The Balaban J connectivity index is 2.75. The molecule has 0 aliphatic carbocycles. The number of carbonyl (C=O) groups excluding carboxylic acids is 1. The summed E-state index contributed by atoms with van der Waals surface area (Å²) >= 11 is 0. The molecule has 1 aromatic carbocycles. The molecule has 0 unspecified atom stereocenters. The van der Waals surface area contributed by atoms with Gasteiger partial charge in [0.15, 0.2) is 0 Å². The molecule has 1 N–H and O–H groups in total. The second-order valence-corrected chi connectivity index (χ2v) is 6.81. The lowest BCUT2D eigenvalue weighted by Gasteiger charge is -2.11. The third kappa shape index (κ3) is 5.91. The monoisotopic (exact) mass is 335 g/mol. The summed E-state index contributed by atoms with van der Waals surface area (Å²) in [4.78, 5) is 11.5. The molecule has 6 nitrogen and oxygen atoms in total. The SMILES string of the molecule is CCCOCC(=O)NCc1cc(S(=O)(=O)Cl)ccc1OC. The van der Waals surface area contributed by atoms with Gasteiger partial charge in [-0.2, -0.15) is 0 Å². The van der Waals surface area contributed by atoms with Crippen LogP contribution in [0.5, 0.6) is 5.75 Å². The van der Waals surface area contributed by atoms with Crippen LogP contribution in [0.2, 0.25) is 0 Å². The summed E-state index contributed by atoms with van der Waals surface area (Å²) in [6.07, 6.45) is 0.830. The van der Waals surface area contributed by atoms with Crippen molar-refractivity contribution in [2.24, 2.45) is 0 Å². The Labute approximate surface area is 128 Å². The molecule has 0 aliphatic rings. The maximum absolute atomic E-state index is 11.6. The number of rotatable bonds is 8. The Morgan fingerprint density at radius 3 is 2.67 bits per heavy atom. The largest absolute Gasteiger partial charge is 0.496 e. The number of nitrogens with one attached hydrogen (secondary N) is 1. The lowest BCUT2D eigenvalue weighted by atomic mass is 10.2. The fraction of sp³-hybridized carbons (Fsp3) is 0.462. The molecule has 118 valence electrons. The van der Waals surface area contributed by atoms with E-state index < -0.39 is 9.05 Å². The summed E-state index contributed by atoms with van der Waals surface area (Å²) in [6.45, 7) is 2.54. The van der Waals surface area contributed by atoms with E-state index in [0.717, 1.165) is 6.42 Å². The van der Waals surface area contributed by atoms with Crippen molar-refractivity contribution in [1.82, 2.24) is 5.32 Å². The molecule has 1 aromatic rings. The van der Waals surface area contributed by atoms with E-state index >= 15 is 0 Å². The quantitative estimate of drug-likeness (QED) is 0.577. The second kappa shape index (κ2) is 8.21. The lowest BCUT2D eigenvalue weighted by molar-refractivity contribution is -0.125. The average molecular weight is 336 g/mol. The van der Waals surface area contributed by atoms with Crippen LogP contribution in [-0.2, 0) is 25.1 Å². The molecular formula is C13H18ClNO5S. The van der Waals surface area contributed by atoms with Gasteiger partial charge in [-0.3, -0.25) is 4.79 Å². The molecule has 8 heteroatoms. The van der Waals surface area contributed by atoms with Gasteiger partial charge in [-0.15, -0.1) is 0 Å². The highest BCUT2D eigenvalue weighted by Crippen LogP contribution is 2.24. The molecule has 0 spiro atoms. The van der Waals surface area contributed by atoms with Crippen molar-refractivity contribution in [3.63, 3.8) is 0 Å². The Morgan fingerprint density at radius 1 is 1.38 bits per heavy atom. The molecule has 0 bridgehead atoms. The van der Waals surface area contributed by atoms with Gasteiger partial charge in [0.1, 0.15) is 12.4 Å². The Morgan fingerprint density at radius 2 is 2.10 bits per heavy atom. The van der Waals surface area contributed by atoms with Gasteiger partial charge < -0.3 is 14.8 Å². The predicted molar refractivity (Wildman–Crippen MR) is 79.0 cm³/mol. The Bertz CT molecular complexity index is 588. The summed E-state index contributed by atoms with van der Waals surface area (Å²) in [6, 6.07) is 4.20. The van der Waals surface area contributed by atoms with Crippen molar-refractivity contribution in [2.75, 3.05) is 20.3 Å². The number of ether oxygens (including phenoxy) is 2. The van der Waals surface area contributed by atoms with Gasteiger partial charge >= 0.3 is 0 Å². The Kier molecular flexibility index (Phi) is 6.94. The van der Waals surface area contributed by atoms with Crippen LogP contribution in [0.25, 0.3) is 0 Å². The summed E-state index contributed by atoms with van der Waals surface area (Å²) < 4.78 is 32.9. The number of benzene rings is 1. The van der Waals surface area contributed by atoms with Crippen LogP contribution in [0.15, 0.2) is 23.1 Å². The van der Waals surface area contributed by atoms with Crippen molar-refractivity contribution in [2.45, 2.75) is 24.8 Å². The third-order valence-corrected chi connectivity index (χ3v) is 3.94. The maximum atomic E-state index is 11.6. The van der Waals surface area contributed by atoms with Crippen LogP contribution in [0.1, 0.15) is 18.9 Å².